The molecule has 1 aromatic rings. The Bertz CT molecular complexity index is 523. The smallest absolute Gasteiger partial charge is 0.358 e. The van der Waals surface area contributed by atoms with Gasteiger partial charge in [0.1, 0.15) is 0 Å². The summed E-state index contributed by atoms with van der Waals surface area (Å²) in [6.07, 6.45) is 4.31. The highest BCUT2D eigenvalue weighted by atomic mass is 16.5. The van der Waals surface area contributed by atoms with Crippen LogP contribution in [0.3, 0.4) is 0 Å². The molecule has 22 heavy (non-hydrogen) atoms. The molecule has 1 aromatic heterocycles. The van der Waals surface area contributed by atoms with Crippen molar-refractivity contribution >= 4 is 17.6 Å². The van der Waals surface area contributed by atoms with Gasteiger partial charge in [0.25, 0.3) is 0 Å². The van der Waals surface area contributed by atoms with Gasteiger partial charge in [0.15, 0.2) is 11.9 Å². The first kappa shape index (κ1) is 16.3. The van der Waals surface area contributed by atoms with Gasteiger partial charge in [-0.05, 0) is 19.3 Å². The van der Waals surface area contributed by atoms with Crippen LogP contribution < -0.4 is 5.32 Å². The minimum absolute atomic E-state index is 0.197. The molecule has 0 bridgehead atoms. The predicted molar refractivity (Wildman–Crippen MR) is 77.5 cm³/mol. The number of esters is 2. The van der Waals surface area contributed by atoms with Crippen LogP contribution in [0.15, 0.2) is 6.20 Å². The largest absolute Gasteiger partial charge is 0.469 e. The number of rotatable bonds is 6. The normalized spacial score (nSPS) is 17.8. The zero-order chi connectivity index (χ0) is 15.9. The number of nitrogens with zero attached hydrogens (tertiary/aromatic N) is 2. The van der Waals surface area contributed by atoms with Crippen LogP contribution in [0, 0.1) is 0 Å². The summed E-state index contributed by atoms with van der Waals surface area (Å²) >= 11 is 0. The predicted octanol–water partition coefficient (Wildman–Crippen LogP) is 1.34. The van der Waals surface area contributed by atoms with Gasteiger partial charge in [-0.15, -0.1) is 0 Å². The highest BCUT2D eigenvalue weighted by Crippen LogP contribution is 2.27. The highest BCUT2D eigenvalue weighted by Gasteiger charge is 2.26. The summed E-state index contributed by atoms with van der Waals surface area (Å²) < 4.78 is 16.6. The summed E-state index contributed by atoms with van der Waals surface area (Å²) in [4.78, 5) is 23.2. The molecule has 0 saturated carbocycles. The van der Waals surface area contributed by atoms with Gasteiger partial charge in [-0.25, -0.2) is 9.48 Å². The van der Waals surface area contributed by atoms with E-state index in [9.17, 15) is 9.59 Å². The van der Waals surface area contributed by atoms with Gasteiger partial charge in [0, 0.05) is 13.2 Å². The van der Waals surface area contributed by atoms with Gasteiger partial charge in [0.2, 0.25) is 0 Å². The number of hydrogen-bond donors (Lipinski definition) is 1. The second-order valence-electron chi connectivity index (χ2n) is 4.92. The molecule has 2 heterocycles. The van der Waals surface area contributed by atoms with Crippen molar-refractivity contribution in [3.05, 3.63) is 11.9 Å². The molecule has 0 amide bonds. The van der Waals surface area contributed by atoms with E-state index in [-0.39, 0.29) is 18.6 Å². The van der Waals surface area contributed by atoms with Gasteiger partial charge in [-0.3, -0.25) is 4.79 Å². The number of carbonyl (C=O) groups is 2. The van der Waals surface area contributed by atoms with Crippen LogP contribution in [0.4, 0.5) is 5.69 Å². The van der Waals surface area contributed by atoms with E-state index >= 15 is 0 Å². The Balaban J connectivity index is 2.13. The third-order valence-electron chi connectivity index (χ3n) is 3.47. The lowest BCUT2D eigenvalue weighted by Crippen LogP contribution is -2.24. The average Bonchev–Trinajstić information content (AvgIpc) is 2.98. The average molecular weight is 311 g/mol. The monoisotopic (exact) mass is 311 g/mol. The maximum absolute atomic E-state index is 12.0. The SMILES string of the molecule is COC(=O)CCNc1cnn(C2CCCCO2)c1C(=O)OC. The molecule has 0 aliphatic carbocycles. The fraction of sp³-hybridized carbons (Fsp3) is 0.643. The molecular formula is C14H21N3O5. The zero-order valence-corrected chi connectivity index (χ0v) is 12.8. The van der Waals surface area contributed by atoms with E-state index in [2.05, 4.69) is 15.2 Å². The molecule has 1 fully saturated rings. The summed E-state index contributed by atoms with van der Waals surface area (Å²) in [6, 6.07) is 0. The van der Waals surface area contributed by atoms with E-state index in [4.69, 9.17) is 9.47 Å². The van der Waals surface area contributed by atoms with Gasteiger partial charge in [0.05, 0.1) is 32.5 Å². The molecule has 8 nitrogen and oxygen atoms in total. The zero-order valence-electron chi connectivity index (χ0n) is 12.8. The molecule has 0 radical (unpaired) electrons. The van der Waals surface area contributed by atoms with Crippen molar-refractivity contribution in [2.45, 2.75) is 31.9 Å². The van der Waals surface area contributed by atoms with Crippen molar-refractivity contribution in [2.75, 3.05) is 32.7 Å². The number of methoxy groups -OCH3 is 2. The van der Waals surface area contributed by atoms with E-state index in [1.807, 2.05) is 0 Å². The number of aromatic nitrogens is 2. The van der Waals surface area contributed by atoms with Crippen molar-refractivity contribution in [3.63, 3.8) is 0 Å². The first-order valence-electron chi connectivity index (χ1n) is 7.25. The lowest BCUT2D eigenvalue weighted by Gasteiger charge is -2.24. The third kappa shape index (κ3) is 3.76. The minimum atomic E-state index is -0.493. The standard InChI is InChI=1S/C14H21N3O5/c1-20-12(18)6-7-15-10-9-16-17(13(10)14(19)21-2)11-5-3-4-8-22-11/h9,11,15H,3-8H2,1-2H3. The molecule has 1 aliphatic rings. The van der Waals surface area contributed by atoms with Crippen LogP contribution in [0.5, 0.6) is 0 Å². The maximum atomic E-state index is 12.0. The molecule has 1 atom stereocenters. The van der Waals surface area contributed by atoms with Gasteiger partial charge >= 0.3 is 11.9 Å². The third-order valence-corrected chi connectivity index (χ3v) is 3.47. The molecule has 1 saturated heterocycles. The van der Waals surface area contributed by atoms with Crippen molar-refractivity contribution in [1.82, 2.24) is 9.78 Å². The van der Waals surface area contributed by atoms with Crippen LogP contribution in [0.25, 0.3) is 0 Å². The topological polar surface area (TPSA) is 91.7 Å². The molecule has 1 N–H and O–H groups in total. The van der Waals surface area contributed by atoms with Crippen LogP contribution in [0.1, 0.15) is 42.4 Å². The molecule has 2 rings (SSSR count). The number of hydrogen-bond acceptors (Lipinski definition) is 7. The fourth-order valence-corrected chi connectivity index (χ4v) is 2.33. The van der Waals surface area contributed by atoms with Crippen molar-refractivity contribution in [2.24, 2.45) is 0 Å². The van der Waals surface area contributed by atoms with E-state index < -0.39 is 5.97 Å². The maximum Gasteiger partial charge on any atom is 0.358 e. The quantitative estimate of drug-likeness (QED) is 0.793. The Kier molecular flexibility index (Phi) is 5.76. The summed E-state index contributed by atoms with van der Waals surface area (Å²) in [7, 11) is 2.65. The van der Waals surface area contributed by atoms with E-state index in [1.54, 1.807) is 10.9 Å². The number of anilines is 1. The Morgan fingerprint density at radius 3 is 2.86 bits per heavy atom. The van der Waals surface area contributed by atoms with Gasteiger partial charge in [-0.2, -0.15) is 5.10 Å². The lowest BCUT2D eigenvalue weighted by atomic mass is 10.2. The van der Waals surface area contributed by atoms with Crippen LogP contribution >= 0.6 is 0 Å². The molecule has 1 aliphatic heterocycles. The Morgan fingerprint density at radius 2 is 2.23 bits per heavy atom. The summed E-state index contributed by atoms with van der Waals surface area (Å²) in [5, 5.41) is 7.25. The summed E-state index contributed by atoms with van der Waals surface area (Å²) in [5.74, 6) is -0.817. The van der Waals surface area contributed by atoms with Crippen molar-refractivity contribution < 1.29 is 23.8 Å². The highest BCUT2D eigenvalue weighted by molar-refractivity contribution is 5.93. The van der Waals surface area contributed by atoms with E-state index in [0.717, 1.165) is 19.3 Å². The second-order valence-corrected chi connectivity index (χ2v) is 4.92. The molecule has 122 valence electrons. The minimum Gasteiger partial charge on any atom is -0.469 e. The number of ether oxygens (including phenoxy) is 3. The fourth-order valence-electron chi connectivity index (χ4n) is 2.33. The Labute approximate surface area is 128 Å². The Hall–Kier alpha value is -2.09. The molecule has 8 heteroatoms. The van der Waals surface area contributed by atoms with Crippen LogP contribution in [-0.4, -0.2) is 49.1 Å². The second kappa shape index (κ2) is 7.79. The first-order valence-corrected chi connectivity index (χ1v) is 7.25. The molecule has 0 spiro atoms. The van der Waals surface area contributed by atoms with E-state index in [0.29, 0.717) is 24.5 Å². The first-order chi connectivity index (χ1) is 10.7. The van der Waals surface area contributed by atoms with E-state index in [1.165, 1.54) is 14.2 Å². The van der Waals surface area contributed by atoms with Gasteiger partial charge < -0.3 is 19.5 Å². The summed E-state index contributed by atoms with van der Waals surface area (Å²) in [6.45, 7) is 0.990. The summed E-state index contributed by atoms with van der Waals surface area (Å²) in [5.41, 5.74) is 0.823. The number of nitrogens with one attached hydrogen (secondary N) is 1. The lowest BCUT2D eigenvalue weighted by molar-refractivity contribution is -0.140. The van der Waals surface area contributed by atoms with Crippen molar-refractivity contribution in [1.29, 1.82) is 0 Å². The van der Waals surface area contributed by atoms with Gasteiger partial charge in [-0.1, -0.05) is 0 Å². The van der Waals surface area contributed by atoms with Crippen LogP contribution in [0.2, 0.25) is 0 Å². The molecular weight excluding hydrogens is 290 g/mol. The number of carbonyl (C=O) groups excluding carboxylic acids is 2. The van der Waals surface area contributed by atoms with Crippen molar-refractivity contribution in [3.8, 4) is 0 Å². The molecule has 1 unspecified atom stereocenters. The Morgan fingerprint density at radius 1 is 1.41 bits per heavy atom. The molecule has 0 aromatic carbocycles. The van der Waals surface area contributed by atoms with Crippen LogP contribution in [-0.2, 0) is 19.0 Å².